The van der Waals surface area contributed by atoms with E-state index in [1.54, 1.807) is 18.3 Å². The fourth-order valence-electron chi connectivity index (χ4n) is 1.58. The average Bonchev–Trinajstić information content (AvgIpc) is 2.31. The quantitative estimate of drug-likeness (QED) is 0.548. The molecule has 0 bridgehead atoms. The Morgan fingerprint density at radius 3 is 2.59 bits per heavy atom. The number of carbonyl (C=O) groups is 1. The molecule has 0 amide bonds. The molecule has 96 valence electrons. The van der Waals surface area contributed by atoms with Crippen molar-refractivity contribution < 1.29 is 14.5 Å². The fourth-order valence-corrected chi connectivity index (χ4v) is 1.58. The van der Waals surface area contributed by atoms with E-state index < -0.39 is 5.97 Å². The number of pyridine rings is 1. The zero-order valence-electron chi connectivity index (χ0n) is 10.3. The first-order valence-corrected chi connectivity index (χ1v) is 5.60. The second kappa shape index (κ2) is 8.41. The number of hydrogen-bond donors (Lipinski definition) is 0. The van der Waals surface area contributed by atoms with Gasteiger partial charge in [0.25, 0.3) is 0 Å². The third-order valence-electron chi connectivity index (χ3n) is 2.66. The van der Waals surface area contributed by atoms with Crippen LogP contribution in [0.2, 0.25) is 0 Å². The molecule has 4 nitrogen and oxygen atoms in total. The highest BCUT2D eigenvalue weighted by atomic mass is 127. The number of carbonyl (C=O) groups excluding carboxylic acids is 1. The molecule has 1 aromatic heterocycles. The summed E-state index contributed by atoms with van der Waals surface area (Å²) in [6.45, 7) is 7.98. The molecular formula is C12H19IN2O2. The van der Waals surface area contributed by atoms with Gasteiger partial charge in [0.1, 0.15) is 0 Å². The Bertz CT molecular complexity index is 354. The molecule has 1 aromatic rings. The van der Waals surface area contributed by atoms with E-state index in [1.165, 1.54) is 0 Å². The van der Waals surface area contributed by atoms with E-state index in [1.807, 2.05) is 10.8 Å². The summed E-state index contributed by atoms with van der Waals surface area (Å²) in [5.74, 6) is -1.13. The van der Waals surface area contributed by atoms with Crippen LogP contribution in [0.15, 0.2) is 24.5 Å². The van der Waals surface area contributed by atoms with Crippen LogP contribution in [0.5, 0.6) is 0 Å². The van der Waals surface area contributed by atoms with Gasteiger partial charge in [-0.15, -0.1) is 24.0 Å². The van der Waals surface area contributed by atoms with Gasteiger partial charge in [-0.1, -0.05) is 13.8 Å². The van der Waals surface area contributed by atoms with Crippen LogP contribution in [0.25, 0.3) is 0 Å². The summed E-state index contributed by atoms with van der Waals surface area (Å²) in [5, 5.41) is 10.7. The molecule has 1 rings (SSSR count). The van der Waals surface area contributed by atoms with E-state index in [9.17, 15) is 9.90 Å². The highest BCUT2D eigenvalue weighted by Crippen LogP contribution is 1.92. The van der Waals surface area contributed by atoms with Crippen LogP contribution in [0.3, 0.4) is 0 Å². The lowest BCUT2D eigenvalue weighted by Gasteiger charge is -2.15. The molecule has 0 N–H and O–H groups in total. The molecule has 0 atom stereocenters. The van der Waals surface area contributed by atoms with Crippen molar-refractivity contribution in [2.45, 2.75) is 20.4 Å². The molecule has 1 heterocycles. The van der Waals surface area contributed by atoms with Gasteiger partial charge in [0.05, 0.1) is 18.1 Å². The molecule has 0 aliphatic carbocycles. The van der Waals surface area contributed by atoms with Gasteiger partial charge in [-0.05, 0) is 19.2 Å². The van der Waals surface area contributed by atoms with E-state index in [4.69, 9.17) is 0 Å². The van der Waals surface area contributed by atoms with Crippen LogP contribution < -0.4 is 9.67 Å². The minimum absolute atomic E-state index is 0. The Kier molecular flexibility index (Phi) is 8.07. The van der Waals surface area contributed by atoms with E-state index in [2.05, 4.69) is 18.7 Å². The molecule has 0 aliphatic rings. The number of rotatable bonds is 6. The maximum atomic E-state index is 10.7. The number of nitrogens with zero attached hydrogens (tertiary/aromatic N) is 2. The van der Waals surface area contributed by atoms with E-state index >= 15 is 0 Å². The van der Waals surface area contributed by atoms with Gasteiger partial charge in [-0.2, -0.15) is 0 Å². The monoisotopic (exact) mass is 350 g/mol. The van der Waals surface area contributed by atoms with Crippen molar-refractivity contribution in [3.63, 3.8) is 0 Å². The fraction of sp³-hybridized carbons (Fsp3) is 0.500. The number of halogens is 1. The second-order valence-corrected chi connectivity index (χ2v) is 3.64. The van der Waals surface area contributed by atoms with Gasteiger partial charge < -0.3 is 9.90 Å². The highest BCUT2D eigenvalue weighted by molar-refractivity contribution is 14.0. The first-order chi connectivity index (χ1) is 7.67. The van der Waals surface area contributed by atoms with Gasteiger partial charge in [0.15, 0.2) is 18.9 Å². The zero-order valence-corrected chi connectivity index (χ0v) is 12.6. The maximum Gasteiger partial charge on any atom is 0.177 e. The molecule has 0 unspecified atom stereocenters. The van der Waals surface area contributed by atoms with Crippen LogP contribution >= 0.6 is 24.0 Å². The smallest absolute Gasteiger partial charge is 0.177 e. The van der Waals surface area contributed by atoms with Crippen molar-refractivity contribution in [3.05, 3.63) is 30.1 Å². The summed E-state index contributed by atoms with van der Waals surface area (Å²) >= 11 is 0. The maximum absolute atomic E-state index is 10.7. The van der Waals surface area contributed by atoms with E-state index in [0.29, 0.717) is 0 Å². The van der Waals surface area contributed by atoms with Gasteiger partial charge >= 0.3 is 0 Å². The van der Waals surface area contributed by atoms with Crippen LogP contribution in [-0.4, -0.2) is 30.5 Å². The van der Waals surface area contributed by atoms with Crippen molar-refractivity contribution in [1.82, 2.24) is 4.90 Å². The lowest BCUT2D eigenvalue weighted by atomic mass is 10.3. The largest absolute Gasteiger partial charge is 0.545 e. The average molecular weight is 350 g/mol. The number of carboxylic acid groups (broad SMARTS) is 1. The van der Waals surface area contributed by atoms with Gasteiger partial charge in [0, 0.05) is 6.07 Å². The Morgan fingerprint density at radius 2 is 2.06 bits per heavy atom. The Hall–Kier alpha value is -0.690. The molecule has 0 radical (unpaired) electrons. The summed E-state index contributed by atoms with van der Waals surface area (Å²) in [5.41, 5.74) is 0.224. The predicted molar refractivity (Wildman–Crippen MR) is 74.2 cm³/mol. The molecule has 0 spiro atoms. The Balaban J connectivity index is 0.00000256. The van der Waals surface area contributed by atoms with Crippen LogP contribution in [0.1, 0.15) is 24.2 Å². The summed E-state index contributed by atoms with van der Waals surface area (Å²) in [6, 6.07) is 3.27. The van der Waals surface area contributed by atoms with Crippen molar-refractivity contribution >= 4 is 29.9 Å². The van der Waals surface area contributed by atoms with Crippen molar-refractivity contribution in [2.24, 2.45) is 0 Å². The Labute approximate surface area is 119 Å². The highest BCUT2D eigenvalue weighted by Gasteiger charge is 2.06. The summed E-state index contributed by atoms with van der Waals surface area (Å²) < 4.78 is 1.88. The zero-order chi connectivity index (χ0) is 12.0. The second-order valence-electron chi connectivity index (χ2n) is 3.64. The number of hydrogen-bond acceptors (Lipinski definition) is 3. The summed E-state index contributed by atoms with van der Waals surface area (Å²) in [4.78, 5) is 13.0. The molecule has 0 aromatic carbocycles. The number of aromatic carboxylic acids is 1. The van der Waals surface area contributed by atoms with Gasteiger partial charge in [0.2, 0.25) is 0 Å². The van der Waals surface area contributed by atoms with Crippen molar-refractivity contribution in [1.29, 1.82) is 0 Å². The van der Waals surface area contributed by atoms with E-state index in [0.717, 1.165) is 26.2 Å². The molecule has 0 saturated heterocycles. The summed E-state index contributed by atoms with van der Waals surface area (Å²) in [7, 11) is 0. The minimum Gasteiger partial charge on any atom is -0.545 e. The van der Waals surface area contributed by atoms with Crippen molar-refractivity contribution in [3.8, 4) is 0 Å². The molecule has 17 heavy (non-hydrogen) atoms. The molecule has 5 heteroatoms. The molecule has 0 fully saturated rings. The minimum atomic E-state index is -1.13. The number of carboxylic acids is 1. The number of likely N-dealkylation sites (N-methyl/N-ethyl adjacent to an activating group) is 1. The van der Waals surface area contributed by atoms with Gasteiger partial charge in [-0.3, -0.25) is 4.90 Å². The third kappa shape index (κ3) is 5.45. The lowest BCUT2D eigenvalue weighted by Crippen LogP contribution is -2.41. The topological polar surface area (TPSA) is 47.2 Å². The molecular weight excluding hydrogens is 331 g/mol. The van der Waals surface area contributed by atoms with Crippen molar-refractivity contribution in [2.75, 3.05) is 19.6 Å². The molecule has 0 saturated carbocycles. The van der Waals surface area contributed by atoms with Crippen LogP contribution in [0.4, 0.5) is 0 Å². The summed E-state index contributed by atoms with van der Waals surface area (Å²) in [6.07, 6.45) is 3.48. The van der Waals surface area contributed by atoms with Crippen LogP contribution in [-0.2, 0) is 6.54 Å². The van der Waals surface area contributed by atoms with E-state index in [-0.39, 0.29) is 29.5 Å². The molecule has 0 aliphatic heterocycles. The van der Waals surface area contributed by atoms with Gasteiger partial charge in [-0.25, -0.2) is 4.57 Å². The first kappa shape index (κ1) is 16.3. The predicted octanol–water partition coefficient (Wildman–Crippen LogP) is 0.297. The lowest BCUT2D eigenvalue weighted by molar-refractivity contribution is -0.696. The number of aromatic nitrogens is 1. The third-order valence-corrected chi connectivity index (χ3v) is 2.66. The standard InChI is InChI=1S/C12H18N2O2.HI/c1-3-13(4-2)8-9-14-7-5-6-11(10-14)12(15)16;/h5-7,10H,3-4,8-9H2,1-2H3;1H. The first-order valence-electron chi connectivity index (χ1n) is 5.60. The normalized spacial score (nSPS) is 10.1. The Morgan fingerprint density at radius 1 is 1.41 bits per heavy atom. The SMILES string of the molecule is CCN(CC)CC[n+]1cccc(C(=O)[O-])c1.I. The van der Waals surface area contributed by atoms with Crippen LogP contribution in [0, 0.1) is 0 Å².